The van der Waals surface area contributed by atoms with Gasteiger partial charge in [-0.2, -0.15) is 0 Å². The molecule has 2 saturated heterocycles. The summed E-state index contributed by atoms with van der Waals surface area (Å²) in [6.07, 6.45) is 2.02. The highest BCUT2D eigenvalue weighted by Gasteiger charge is 2.40. The van der Waals surface area contributed by atoms with Crippen molar-refractivity contribution in [3.8, 4) is 0 Å². The first kappa shape index (κ1) is 22.6. The van der Waals surface area contributed by atoms with Gasteiger partial charge >= 0.3 is 0 Å². The van der Waals surface area contributed by atoms with Crippen molar-refractivity contribution in [2.45, 2.75) is 37.5 Å². The Bertz CT molecular complexity index is 1230. The van der Waals surface area contributed by atoms with Crippen molar-refractivity contribution in [3.63, 3.8) is 0 Å². The predicted octanol–water partition coefficient (Wildman–Crippen LogP) is 5.29. The third kappa shape index (κ3) is 5.00. The molecule has 0 aliphatic carbocycles. The van der Waals surface area contributed by atoms with Crippen molar-refractivity contribution in [2.75, 3.05) is 18.5 Å². The Labute approximate surface area is 203 Å². The number of fused-ring (bicyclic) bond motifs is 1. The normalized spacial score (nSPS) is 21.5. The van der Waals surface area contributed by atoms with Crippen LogP contribution in [0.2, 0.25) is 0 Å². The number of nitrogens with one attached hydrogen (secondary N) is 1. The third-order valence-corrected chi connectivity index (χ3v) is 7.29. The third-order valence-electron chi connectivity index (χ3n) is 6.12. The quantitative estimate of drug-likeness (QED) is 0.528. The number of hydrogen-bond donors (Lipinski definition) is 1. The van der Waals surface area contributed by atoms with Crippen LogP contribution in [-0.4, -0.2) is 46.4 Å². The van der Waals surface area contributed by atoms with Gasteiger partial charge in [-0.15, -0.1) is 0 Å². The molecule has 34 heavy (non-hydrogen) atoms. The molecule has 2 amide bonds. The number of aryl methyl sites for hydroxylation is 1. The maximum Gasteiger partial charge on any atom is 0.242 e. The van der Waals surface area contributed by atoms with E-state index in [-0.39, 0.29) is 24.3 Å². The number of ether oxygens (including phenoxy) is 1. The van der Waals surface area contributed by atoms with Crippen molar-refractivity contribution in [1.82, 2.24) is 4.90 Å². The summed E-state index contributed by atoms with van der Waals surface area (Å²) in [7, 11) is 0. The van der Waals surface area contributed by atoms with E-state index < -0.39 is 5.25 Å². The van der Waals surface area contributed by atoms with Crippen molar-refractivity contribution in [1.29, 1.82) is 0 Å². The zero-order chi connectivity index (χ0) is 23.5. The van der Waals surface area contributed by atoms with E-state index in [0.29, 0.717) is 11.7 Å². The number of amides is 2. The second kappa shape index (κ2) is 9.99. The number of amidine groups is 1. The molecule has 0 saturated carbocycles. The molecule has 6 nitrogen and oxygen atoms in total. The van der Waals surface area contributed by atoms with Crippen LogP contribution in [0.1, 0.15) is 24.8 Å². The van der Waals surface area contributed by atoms with Gasteiger partial charge in [0.1, 0.15) is 5.25 Å². The first-order valence-electron chi connectivity index (χ1n) is 11.6. The lowest BCUT2D eigenvalue weighted by atomic mass is 10.1. The average molecular weight is 474 g/mol. The summed E-state index contributed by atoms with van der Waals surface area (Å²) in [5.41, 5.74) is 2.67. The molecule has 2 unspecified atom stereocenters. The van der Waals surface area contributed by atoms with Crippen LogP contribution in [0.25, 0.3) is 10.8 Å². The number of anilines is 1. The average Bonchev–Trinajstić information content (AvgIpc) is 3.45. The Balaban J connectivity index is 1.39. The molecule has 0 radical (unpaired) electrons. The van der Waals surface area contributed by atoms with Gasteiger partial charge in [0, 0.05) is 24.1 Å². The lowest BCUT2D eigenvalue weighted by Crippen LogP contribution is -2.38. The molecular formula is C27H27N3O3S. The van der Waals surface area contributed by atoms with E-state index in [0.717, 1.165) is 47.2 Å². The van der Waals surface area contributed by atoms with E-state index in [9.17, 15) is 9.59 Å². The van der Waals surface area contributed by atoms with E-state index in [1.807, 2.05) is 73.7 Å². The number of carbonyl (C=O) groups is 2. The predicted molar refractivity (Wildman–Crippen MR) is 138 cm³/mol. The van der Waals surface area contributed by atoms with Gasteiger partial charge in [-0.3, -0.25) is 14.5 Å². The molecule has 2 heterocycles. The fourth-order valence-electron chi connectivity index (χ4n) is 4.31. The van der Waals surface area contributed by atoms with Crippen LogP contribution in [0, 0.1) is 6.92 Å². The molecular weight excluding hydrogens is 446 g/mol. The standard InChI is InChI=1S/C27H27N3O3S/c1-18-11-13-20(14-12-18)28-25(31)16-24-26(32)30(17-21-8-5-15-33-21)27(34-24)29-23-10-4-7-19-6-2-3-9-22(19)23/h2-4,6-7,9-14,21,24H,5,8,15-17H2,1H3,(H,28,31). The highest BCUT2D eigenvalue weighted by molar-refractivity contribution is 8.15. The monoisotopic (exact) mass is 473 g/mol. The highest BCUT2D eigenvalue weighted by Crippen LogP contribution is 2.35. The number of nitrogens with zero attached hydrogens (tertiary/aromatic N) is 2. The highest BCUT2D eigenvalue weighted by atomic mass is 32.2. The van der Waals surface area contributed by atoms with Gasteiger partial charge in [-0.05, 0) is 43.4 Å². The van der Waals surface area contributed by atoms with E-state index in [2.05, 4.69) is 5.32 Å². The number of thioether (sulfide) groups is 1. The van der Waals surface area contributed by atoms with Crippen LogP contribution < -0.4 is 5.32 Å². The van der Waals surface area contributed by atoms with Crippen molar-refractivity contribution >= 4 is 50.9 Å². The number of rotatable bonds is 6. The van der Waals surface area contributed by atoms with Crippen LogP contribution in [-0.2, 0) is 14.3 Å². The van der Waals surface area contributed by atoms with Crippen molar-refractivity contribution in [3.05, 3.63) is 72.3 Å². The minimum absolute atomic E-state index is 0.00222. The Morgan fingerprint density at radius 1 is 1.12 bits per heavy atom. The van der Waals surface area contributed by atoms with Gasteiger partial charge in [-0.25, -0.2) is 4.99 Å². The summed E-state index contributed by atoms with van der Waals surface area (Å²) in [5.74, 6) is -0.267. The summed E-state index contributed by atoms with van der Waals surface area (Å²) >= 11 is 1.36. The summed E-state index contributed by atoms with van der Waals surface area (Å²) in [4.78, 5) is 32.7. The topological polar surface area (TPSA) is 71.0 Å². The fourth-order valence-corrected chi connectivity index (χ4v) is 5.47. The molecule has 3 aromatic rings. The molecule has 2 aliphatic heterocycles. The van der Waals surface area contributed by atoms with Gasteiger partial charge in [0.25, 0.3) is 0 Å². The van der Waals surface area contributed by atoms with Crippen LogP contribution >= 0.6 is 11.8 Å². The first-order chi connectivity index (χ1) is 16.6. The molecule has 1 N–H and O–H groups in total. The van der Waals surface area contributed by atoms with E-state index in [1.165, 1.54) is 11.8 Å². The SMILES string of the molecule is Cc1ccc(NC(=O)CC2SC(=Nc3cccc4ccccc34)N(CC3CCCO3)C2=O)cc1. The Morgan fingerprint density at radius 2 is 1.91 bits per heavy atom. The van der Waals surface area contributed by atoms with E-state index in [4.69, 9.17) is 9.73 Å². The molecule has 2 fully saturated rings. The van der Waals surface area contributed by atoms with Gasteiger partial charge in [0.15, 0.2) is 5.17 Å². The van der Waals surface area contributed by atoms with Crippen LogP contribution in [0.3, 0.4) is 0 Å². The van der Waals surface area contributed by atoms with Crippen LogP contribution in [0.5, 0.6) is 0 Å². The Hall–Kier alpha value is -3.16. The molecule has 0 spiro atoms. The molecule has 0 bridgehead atoms. The minimum atomic E-state index is -0.513. The number of carbonyl (C=O) groups excluding carboxylic acids is 2. The van der Waals surface area contributed by atoms with Gasteiger partial charge in [0.2, 0.25) is 11.8 Å². The number of hydrogen-bond acceptors (Lipinski definition) is 5. The molecule has 0 aromatic heterocycles. The molecule has 3 aromatic carbocycles. The summed E-state index contributed by atoms with van der Waals surface area (Å²) in [6.45, 7) is 3.18. The maximum atomic E-state index is 13.4. The zero-order valence-electron chi connectivity index (χ0n) is 19.1. The van der Waals surface area contributed by atoms with E-state index in [1.54, 1.807) is 4.90 Å². The van der Waals surface area contributed by atoms with Gasteiger partial charge in [-0.1, -0.05) is 65.9 Å². The fraction of sp³-hybridized carbons (Fsp3) is 0.296. The molecule has 2 atom stereocenters. The Morgan fingerprint density at radius 3 is 2.71 bits per heavy atom. The smallest absolute Gasteiger partial charge is 0.242 e. The lowest BCUT2D eigenvalue weighted by molar-refractivity contribution is -0.129. The summed E-state index contributed by atoms with van der Waals surface area (Å²) in [6, 6.07) is 21.7. The van der Waals surface area contributed by atoms with Gasteiger partial charge < -0.3 is 10.1 Å². The molecule has 174 valence electrons. The van der Waals surface area contributed by atoms with E-state index >= 15 is 0 Å². The number of benzene rings is 3. The van der Waals surface area contributed by atoms with Crippen LogP contribution in [0.4, 0.5) is 11.4 Å². The number of aliphatic imine (C=N–C) groups is 1. The second-order valence-corrected chi connectivity index (χ2v) is 9.87. The first-order valence-corrected chi connectivity index (χ1v) is 12.5. The molecule has 5 rings (SSSR count). The van der Waals surface area contributed by atoms with Crippen molar-refractivity contribution < 1.29 is 14.3 Å². The Kier molecular flexibility index (Phi) is 6.65. The zero-order valence-corrected chi connectivity index (χ0v) is 19.9. The van der Waals surface area contributed by atoms with Gasteiger partial charge in [0.05, 0.1) is 18.3 Å². The molecule has 7 heteroatoms. The lowest BCUT2D eigenvalue weighted by Gasteiger charge is -2.20. The minimum Gasteiger partial charge on any atom is -0.376 e. The molecule has 2 aliphatic rings. The largest absolute Gasteiger partial charge is 0.376 e. The van der Waals surface area contributed by atoms with Crippen molar-refractivity contribution in [2.24, 2.45) is 4.99 Å². The maximum absolute atomic E-state index is 13.4. The second-order valence-electron chi connectivity index (χ2n) is 8.70. The summed E-state index contributed by atoms with van der Waals surface area (Å²) in [5, 5.41) is 5.15. The van der Waals surface area contributed by atoms with Crippen LogP contribution in [0.15, 0.2) is 71.7 Å². The summed E-state index contributed by atoms with van der Waals surface area (Å²) < 4.78 is 5.80.